The van der Waals surface area contributed by atoms with Crippen LogP contribution in [0.5, 0.6) is 0 Å². The minimum atomic E-state index is -0.182. The molecule has 0 spiro atoms. The lowest BCUT2D eigenvalue weighted by Gasteiger charge is -2.26. The Labute approximate surface area is 197 Å². The van der Waals surface area contributed by atoms with Crippen molar-refractivity contribution < 1.29 is 4.79 Å². The molecule has 1 amide bonds. The summed E-state index contributed by atoms with van der Waals surface area (Å²) >= 11 is 5.68. The van der Waals surface area contributed by atoms with Gasteiger partial charge in [0.2, 0.25) is 5.91 Å². The van der Waals surface area contributed by atoms with E-state index in [1.807, 2.05) is 77.8 Å². The summed E-state index contributed by atoms with van der Waals surface area (Å²) in [7, 11) is 0. The molecule has 1 fully saturated rings. The highest BCUT2D eigenvalue weighted by molar-refractivity contribution is 7.80. The van der Waals surface area contributed by atoms with E-state index in [9.17, 15) is 4.79 Å². The minimum Gasteiger partial charge on any atom is -0.352 e. The molecule has 2 aromatic heterocycles. The van der Waals surface area contributed by atoms with Gasteiger partial charge in [-0.25, -0.2) is 0 Å². The molecule has 2 N–H and O–H groups in total. The van der Waals surface area contributed by atoms with Gasteiger partial charge in [-0.1, -0.05) is 42.5 Å². The maximum atomic E-state index is 12.9. The van der Waals surface area contributed by atoms with E-state index in [2.05, 4.69) is 44.6 Å². The lowest BCUT2D eigenvalue weighted by molar-refractivity contribution is -0.116. The normalized spacial score (nSPS) is 17.6. The first kappa shape index (κ1) is 20.9. The minimum absolute atomic E-state index is 0.125. The average Bonchev–Trinajstić information content (AvgIpc) is 3.46. The van der Waals surface area contributed by atoms with Crippen molar-refractivity contribution in [1.29, 1.82) is 0 Å². The standard InChI is InChI=1S/C26H23N5OS/c32-23(28-20-9-3-1-4-10-20)18-31-25(24(29-26(31)33)22-13-7-8-15-27-22)19-14-16-30(17-19)21-11-5-2-6-12-21/h1-17,24-25H,18H2,(H,28,32)(H,29,33)/t24-,25-/m0/s1. The van der Waals surface area contributed by atoms with Gasteiger partial charge in [0.05, 0.1) is 17.8 Å². The number of para-hydroxylation sites is 2. The molecule has 1 aliphatic heterocycles. The SMILES string of the molecule is O=C(CN1C(=S)N[C@@H](c2ccccn2)[C@@H]1c1ccn(-c2ccccc2)c1)Nc1ccccc1. The molecule has 0 radical (unpaired) electrons. The average molecular weight is 454 g/mol. The third-order valence-electron chi connectivity index (χ3n) is 5.68. The van der Waals surface area contributed by atoms with Gasteiger partial charge in [-0.2, -0.15) is 0 Å². The van der Waals surface area contributed by atoms with Gasteiger partial charge in [0.15, 0.2) is 5.11 Å². The Hall–Kier alpha value is -3.97. The van der Waals surface area contributed by atoms with Gasteiger partial charge >= 0.3 is 0 Å². The zero-order valence-electron chi connectivity index (χ0n) is 17.8. The van der Waals surface area contributed by atoms with Crippen LogP contribution in [0.3, 0.4) is 0 Å². The second-order valence-corrected chi connectivity index (χ2v) is 8.24. The number of pyridine rings is 1. The third-order valence-corrected chi connectivity index (χ3v) is 6.03. The van der Waals surface area contributed by atoms with Crippen molar-refractivity contribution in [2.24, 2.45) is 0 Å². The molecule has 2 aromatic carbocycles. The van der Waals surface area contributed by atoms with Gasteiger partial charge in [0.25, 0.3) is 0 Å². The molecule has 0 saturated carbocycles. The van der Waals surface area contributed by atoms with Crippen LogP contribution in [0.25, 0.3) is 5.69 Å². The number of rotatable bonds is 6. The number of anilines is 1. The molecule has 0 aliphatic carbocycles. The van der Waals surface area contributed by atoms with E-state index >= 15 is 0 Å². The van der Waals surface area contributed by atoms with E-state index in [1.165, 1.54) is 0 Å². The van der Waals surface area contributed by atoms with Gasteiger partial charge in [0.1, 0.15) is 6.54 Å². The van der Waals surface area contributed by atoms with Crippen molar-refractivity contribution in [3.8, 4) is 5.69 Å². The molecule has 1 aliphatic rings. The van der Waals surface area contributed by atoms with Crippen molar-refractivity contribution in [3.05, 3.63) is 115 Å². The number of hydrogen-bond acceptors (Lipinski definition) is 3. The smallest absolute Gasteiger partial charge is 0.244 e. The van der Waals surface area contributed by atoms with Crippen molar-refractivity contribution in [2.75, 3.05) is 11.9 Å². The highest BCUT2D eigenvalue weighted by atomic mass is 32.1. The second kappa shape index (κ2) is 9.26. The number of carbonyl (C=O) groups excluding carboxylic acids is 1. The maximum absolute atomic E-state index is 12.9. The van der Waals surface area contributed by atoms with Crippen LogP contribution in [0.4, 0.5) is 5.69 Å². The summed E-state index contributed by atoms with van der Waals surface area (Å²) in [4.78, 5) is 19.4. The van der Waals surface area contributed by atoms with Crippen molar-refractivity contribution >= 4 is 28.9 Å². The summed E-state index contributed by atoms with van der Waals surface area (Å²) in [5, 5.41) is 6.88. The van der Waals surface area contributed by atoms with Crippen LogP contribution in [-0.2, 0) is 4.79 Å². The zero-order chi connectivity index (χ0) is 22.6. The first-order valence-electron chi connectivity index (χ1n) is 10.8. The molecule has 4 aromatic rings. The molecule has 164 valence electrons. The molecule has 5 rings (SSSR count). The topological polar surface area (TPSA) is 62.2 Å². The summed E-state index contributed by atoms with van der Waals surface area (Å²) in [5.41, 5.74) is 3.76. The highest BCUT2D eigenvalue weighted by Crippen LogP contribution is 2.38. The Morgan fingerprint density at radius 3 is 2.42 bits per heavy atom. The second-order valence-electron chi connectivity index (χ2n) is 7.86. The van der Waals surface area contributed by atoms with E-state index in [0.29, 0.717) is 5.11 Å². The number of benzene rings is 2. The van der Waals surface area contributed by atoms with Crippen LogP contribution in [0.2, 0.25) is 0 Å². The molecule has 2 atom stereocenters. The Morgan fingerprint density at radius 1 is 0.970 bits per heavy atom. The van der Waals surface area contributed by atoms with E-state index in [4.69, 9.17) is 12.2 Å². The van der Waals surface area contributed by atoms with Crippen molar-refractivity contribution in [1.82, 2.24) is 19.8 Å². The van der Waals surface area contributed by atoms with Crippen LogP contribution < -0.4 is 10.6 Å². The fraction of sp³-hybridized carbons (Fsp3) is 0.115. The summed E-state index contributed by atoms with van der Waals surface area (Å²) in [6.45, 7) is 0.130. The van der Waals surface area contributed by atoms with Crippen LogP contribution in [0, 0.1) is 0 Å². The number of carbonyl (C=O) groups is 1. The quantitative estimate of drug-likeness (QED) is 0.422. The lowest BCUT2D eigenvalue weighted by atomic mass is 9.99. The predicted octanol–water partition coefficient (Wildman–Crippen LogP) is 4.48. The summed E-state index contributed by atoms with van der Waals surface area (Å²) < 4.78 is 2.08. The molecule has 0 bridgehead atoms. The fourth-order valence-electron chi connectivity index (χ4n) is 4.16. The molecule has 1 saturated heterocycles. The largest absolute Gasteiger partial charge is 0.352 e. The number of amides is 1. The molecule has 33 heavy (non-hydrogen) atoms. The van der Waals surface area contributed by atoms with E-state index in [0.717, 1.165) is 22.6 Å². The number of hydrogen-bond donors (Lipinski definition) is 2. The van der Waals surface area contributed by atoms with Gasteiger partial charge in [-0.3, -0.25) is 9.78 Å². The molecule has 7 heteroatoms. The Kier molecular flexibility index (Phi) is 5.87. The number of aromatic nitrogens is 2. The Bertz CT molecular complexity index is 1240. The summed E-state index contributed by atoms with van der Waals surface area (Å²) in [5.74, 6) is -0.125. The monoisotopic (exact) mass is 453 g/mol. The molecule has 6 nitrogen and oxygen atoms in total. The maximum Gasteiger partial charge on any atom is 0.244 e. The van der Waals surface area contributed by atoms with Crippen LogP contribution >= 0.6 is 12.2 Å². The van der Waals surface area contributed by atoms with E-state index in [-0.39, 0.29) is 24.5 Å². The first-order valence-corrected chi connectivity index (χ1v) is 11.2. The number of nitrogens with one attached hydrogen (secondary N) is 2. The highest BCUT2D eigenvalue weighted by Gasteiger charge is 2.41. The van der Waals surface area contributed by atoms with Crippen molar-refractivity contribution in [2.45, 2.75) is 12.1 Å². The van der Waals surface area contributed by atoms with Gasteiger partial charge < -0.3 is 20.1 Å². The van der Waals surface area contributed by atoms with Gasteiger partial charge in [-0.15, -0.1) is 0 Å². The first-order chi connectivity index (χ1) is 16.2. The lowest BCUT2D eigenvalue weighted by Crippen LogP contribution is -2.37. The van der Waals surface area contributed by atoms with Gasteiger partial charge in [-0.05, 0) is 60.2 Å². The third kappa shape index (κ3) is 4.49. The zero-order valence-corrected chi connectivity index (χ0v) is 18.7. The number of nitrogens with zero attached hydrogens (tertiary/aromatic N) is 3. The van der Waals surface area contributed by atoms with Crippen molar-refractivity contribution in [3.63, 3.8) is 0 Å². The fourth-order valence-corrected chi connectivity index (χ4v) is 4.47. The Morgan fingerprint density at radius 2 is 1.70 bits per heavy atom. The molecular weight excluding hydrogens is 430 g/mol. The summed E-state index contributed by atoms with van der Waals surface area (Å²) in [6, 6.07) is 27.1. The Balaban J connectivity index is 1.46. The predicted molar refractivity (Wildman–Crippen MR) is 133 cm³/mol. The number of thiocarbonyl (C=S) groups is 1. The summed E-state index contributed by atoms with van der Waals surface area (Å²) in [6.07, 6.45) is 5.90. The van der Waals surface area contributed by atoms with E-state index < -0.39 is 0 Å². The molecule has 3 heterocycles. The van der Waals surface area contributed by atoms with E-state index in [1.54, 1.807) is 6.20 Å². The van der Waals surface area contributed by atoms with Gasteiger partial charge in [0, 0.05) is 30.0 Å². The molecular formula is C26H23N5OS. The van der Waals surface area contributed by atoms with Crippen LogP contribution in [0.15, 0.2) is 104 Å². The molecule has 0 unspecified atom stereocenters. The van der Waals surface area contributed by atoms with Crippen LogP contribution in [0.1, 0.15) is 23.3 Å². The van der Waals surface area contributed by atoms with Crippen LogP contribution in [-0.4, -0.2) is 32.0 Å².